The molecule has 0 unspecified atom stereocenters. The molecule has 0 radical (unpaired) electrons. The van der Waals surface area contributed by atoms with E-state index in [1.807, 2.05) is 18.2 Å². The molecule has 0 spiro atoms. The Hall–Kier alpha value is -2.10. The van der Waals surface area contributed by atoms with Crippen molar-refractivity contribution >= 4 is 5.69 Å². The molecule has 1 aliphatic rings. The number of nitro benzene ring substituents is 1. The van der Waals surface area contributed by atoms with Crippen LogP contribution >= 0.6 is 0 Å². The number of dihydropyridines is 1. The third kappa shape index (κ3) is 1.88. The van der Waals surface area contributed by atoms with Crippen molar-refractivity contribution in [2.45, 2.75) is 5.92 Å². The van der Waals surface area contributed by atoms with E-state index in [0.717, 1.165) is 5.56 Å². The molecule has 15 heavy (non-hydrogen) atoms. The molecule has 0 fully saturated rings. The molecule has 0 saturated heterocycles. The highest BCUT2D eigenvalue weighted by molar-refractivity contribution is 5.46. The van der Waals surface area contributed by atoms with Gasteiger partial charge < -0.3 is 5.32 Å². The number of rotatable bonds is 2. The highest BCUT2D eigenvalue weighted by Crippen LogP contribution is 2.28. The average molecular weight is 202 g/mol. The van der Waals surface area contributed by atoms with Crippen LogP contribution in [0.3, 0.4) is 0 Å². The van der Waals surface area contributed by atoms with Gasteiger partial charge in [-0.15, -0.1) is 0 Å². The van der Waals surface area contributed by atoms with Gasteiger partial charge in [-0.05, 0) is 12.4 Å². The fourth-order valence-electron chi connectivity index (χ4n) is 1.58. The standard InChI is InChI=1S/C11H10N2O2/c14-13(15)11-4-2-1-3-10(11)9-5-7-12-8-6-9/h1-9,12H. The molecule has 1 aromatic rings. The van der Waals surface area contributed by atoms with Gasteiger partial charge in [0, 0.05) is 17.5 Å². The van der Waals surface area contributed by atoms with Gasteiger partial charge in [-0.2, -0.15) is 0 Å². The molecule has 0 bridgehead atoms. The van der Waals surface area contributed by atoms with E-state index in [2.05, 4.69) is 5.32 Å². The second-order valence-electron chi connectivity index (χ2n) is 3.23. The molecule has 2 rings (SSSR count). The van der Waals surface area contributed by atoms with Crippen molar-refractivity contribution in [1.82, 2.24) is 5.32 Å². The minimum atomic E-state index is -0.348. The molecule has 4 nitrogen and oxygen atoms in total. The Kier molecular flexibility index (Phi) is 2.49. The summed E-state index contributed by atoms with van der Waals surface area (Å²) in [6, 6.07) is 6.80. The smallest absolute Gasteiger partial charge is 0.273 e. The lowest BCUT2D eigenvalue weighted by molar-refractivity contribution is -0.385. The van der Waals surface area contributed by atoms with Gasteiger partial charge in [0.25, 0.3) is 5.69 Å². The van der Waals surface area contributed by atoms with Crippen molar-refractivity contribution in [2.24, 2.45) is 0 Å². The summed E-state index contributed by atoms with van der Waals surface area (Å²) in [5.74, 6) is -0.0205. The normalized spacial score (nSPS) is 14.9. The summed E-state index contributed by atoms with van der Waals surface area (Å²) < 4.78 is 0. The Morgan fingerprint density at radius 1 is 1.20 bits per heavy atom. The largest absolute Gasteiger partial charge is 0.368 e. The number of allylic oxidation sites excluding steroid dienone is 2. The quantitative estimate of drug-likeness (QED) is 0.591. The molecule has 76 valence electrons. The van der Waals surface area contributed by atoms with Crippen LogP contribution in [0.15, 0.2) is 48.8 Å². The summed E-state index contributed by atoms with van der Waals surface area (Å²) in [6.07, 6.45) is 7.34. The lowest BCUT2D eigenvalue weighted by Gasteiger charge is -2.11. The molecule has 0 amide bonds. The van der Waals surface area contributed by atoms with E-state index >= 15 is 0 Å². The highest BCUT2D eigenvalue weighted by Gasteiger charge is 2.18. The predicted octanol–water partition coefficient (Wildman–Crippen LogP) is 2.31. The Labute approximate surface area is 87.1 Å². The third-order valence-corrected chi connectivity index (χ3v) is 2.29. The fraction of sp³-hybridized carbons (Fsp3) is 0.0909. The monoisotopic (exact) mass is 202 g/mol. The fourth-order valence-corrected chi connectivity index (χ4v) is 1.58. The van der Waals surface area contributed by atoms with E-state index in [4.69, 9.17) is 0 Å². The number of nitrogens with zero attached hydrogens (tertiary/aromatic N) is 1. The maximum atomic E-state index is 10.8. The van der Waals surface area contributed by atoms with Crippen molar-refractivity contribution in [2.75, 3.05) is 0 Å². The lowest BCUT2D eigenvalue weighted by Crippen LogP contribution is -2.05. The van der Waals surface area contributed by atoms with Crippen LogP contribution in [-0.4, -0.2) is 4.92 Å². The van der Waals surface area contributed by atoms with Crippen LogP contribution in [0.25, 0.3) is 0 Å². The Morgan fingerprint density at radius 2 is 1.87 bits per heavy atom. The zero-order valence-corrected chi connectivity index (χ0v) is 7.96. The topological polar surface area (TPSA) is 55.2 Å². The van der Waals surface area contributed by atoms with Gasteiger partial charge in [-0.1, -0.05) is 30.4 Å². The van der Waals surface area contributed by atoms with Crippen LogP contribution in [0, 0.1) is 10.1 Å². The van der Waals surface area contributed by atoms with Crippen molar-refractivity contribution in [3.63, 3.8) is 0 Å². The van der Waals surface area contributed by atoms with Gasteiger partial charge in [-0.3, -0.25) is 10.1 Å². The van der Waals surface area contributed by atoms with Gasteiger partial charge in [0.15, 0.2) is 0 Å². The number of para-hydroxylation sites is 1. The molecule has 1 N–H and O–H groups in total. The van der Waals surface area contributed by atoms with Crippen LogP contribution < -0.4 is 5.32 Å². The second kappa shape index (κ2) is 3.96. The predicted molar refractivity (Wildman–Crippen MR) is 57.3 cm³/mol. The highest BCUT2D eigenvalue weighted by atomic mass is 16.6. The summed E-state index contributed by atoms with van der Waals surface area (Å²) in [6.45, 7) is 0. The number of nitrogens with one attached hydrogen (secondary N) is 1. The van der Waals surface area contributed by atoms with Crippen LogP contribution in [0.2, 0.25) is 0 Å². The molecule has 0 aliphatic carbocycles. The molecule has 0 atom stereocenters. The van der Waals surface area contributed by atoms with E-state index < -0.39 is 0 Å². The maximum absolute atomic E-state index is 10.8. The Morgan fingerprint density at radius 3 is 2.53 bits per heavy atom. The number of benzene rings is 1. The van der Waals surface area contributed by atoms with E-state index in [1.54, 1.807) is 24.5 Å². The molecule has 4 heteroatoms. The number of hydrogen-bond acceptors (Lipinski definition) is 3. The summed E-state index contributed by atoms with van der Waals surface area (Å²) >= 11 is 0. The second-order valence-corrected chi connectivity index (χ2v) is 3.23. The Bertz CT molecular complexity index is 426. The summed E-state index contributed by atoms with van der Waals surface area (Å²) in [4.78, 5) is 10.5. The zero-order valence-electron chi connectivity index (χ0n) is 7.96. The van der Waals surface area contributed by atoms with Crippen LogP contribution in [0.4, 0.5) is 5.69 Å². The van der Waals surface area contributed by atoms with Crippen molar-refractivity contribution < 1.29 is 4.92 Å². The maximum Gasteiger partial charge on any atom is 0.273 e. The SMILES string of the molecule is O=[N+]([O-])c1ccccc1C1C=CNC=C1. The number of nitro groups is 1. The first kappa shape index (κ1) is 9.45. The van der Waals surface area contributed by atoms with Gasteiger partial charge in [0.05, 0.1) is 4.92 Å². The molecular formula is C11H10N2O2. The first-order chi connectivity index (χ1) is 7.29. The van der Waals surface area contributed by atoms with Crippen LogP contribution in [0.5, 0.6) is 0 Å². The van der Waals surface area contributed by atoms with E-state index in [1.165, 1.54) is 6.07 Å². The van der Waals surface area contributed by atoms with E-state index in [0.29, 0.717) is 0 Å². The summed E-state index contributed by atoms with van der Waals surface area (Å²) in [5.41, 5.74) is 0.884. The number of hydrogen-bond donors (Lipinski definition) is 1. The Balaban J connectivity index is 2.42. The van der Waals surface area contributed by atoms with Crippen LogP contribution in [0.1, 0.15) is 11.5 Å². The third-order valence-electron chi connectivity index (χ3n) is 2.29. The molecule has 0 saturated carbocycles. The first-order valence-corrected chi connectivity index (χ1v) is 4.62. The van der Waals surface area contributed by atoms with Gasteiger partial charge in [0.2, 0.25) is 0 Å². The summed E-state index contributed by atoms with van der Waals surface area (Å²) in [7, 11) is 0. The van der Waals surface area contributed by atoms with Crippen molar-refractivity contribution in [1.29, 1.82) is 0 Å². The minimum absolute atomic E-state index is 0.0205. The molecule has 1 heterocycles. The van der Waals surface area contributed by atoms with E-state index in [-0.39, 0.29) is 16.5 Å². The first-order valence-electron chi connectivity index (χ1n) is 4.62. The molecular weight excluding hydrogens is 192 g/mol. The van der Waals surface area contributed by atoms with E-state index in [9.17, 15) is 10.1 Å². The lowest BCUT2D eigenvalue weighted by atomic mass is 9.96. The molecule has 1 aromatic carbocycles. The molecule has 0 aromatic heterocycles. The van der Waals surface area contributed by atoms with Gasteiger partial charge in [0.1, 0.15) is 0 Å². The van der Waals surface area contributed by atoms with Gasteiger partial charge >= 0.3 is 0 Å². The van der Waals surface area contributed by atoms with Crippen molar-refractivity contribution in [3.05, 3.63) is 64.5 Å². The average Bonchev–Trinajstić information content (AvgIpc) is 2.30. The van der Waals surface area contributed by atoms with Gasteiger partial charge in [-0.25, -0.2) is 0 Å². The van der Waals surface area contributed by atoms with Crippen LogP contribution in [-0.2, 0) is 0 Å². The zero-order chi connectivity index (χ0) is 10.7. The minimum Gasteiger partial charge on any atom is -0.368 e. The summed E-state index contributed by atoms with van der Waals surface area (Å²) in [5, 5.41) is 13.7. The van der Waals surface area contributed by atoms with Crippen molar-refractivity contribution in [3.8, 4) is 0 Å². The molecule has 1 aliphatic heterocycles.